The maximum absolute atomic E-state index is 3.41. The maximum Gasteiger partial charge on any atom is -0.0279 e. The molecule has 1 rings (SSSR count). The van der Waals surface area contributed by atoms with Gasteiger partial charge in [-0.1, -0.05) is 57.4 Å². The molecule has 0 unspecified atom stereocenters. The van der Waals surface area contributed by atoms with Crippen LogP contribution in [0.3, 0.4) is 0 Å². The molecular weight excluding hydrogens is 168 g/mol. The molecule has 1 aliphatic carbocycles. The zero-order valence-corrected chi connectivity index (χ0v) is 9.56. The molecule has 0 heterocycles. The van der Waals surface area contributed by atoms with Gasteiger partial charge in [-0.05, 0) is 31.8 Å². The molecule has 0 N–H and O–H groups in total. The predicted octanol–water partition coefficient (Wildman–Crippen LogP) is 5.04. The molecule has 0 spiro atoms. The Hall–Kier alpha value is -0.260. The fourth-order valence-corrected chi connectivity index (χ4v) is 2.09. The third-order valence-corrected chi connectivity index (χ3v) is 3.06. The normalized spacial score (nSPS) is 25.1. The van der Waals surface area contributed by atoms with Crippen LogP contribution in [0.4, 0.5) is 0 Å². The largest absolute Gasteiger partial charge is 0.0811 e. The molecule has 1 radical (unpaired) electrons. The average molecular weight is 193 g/mol. The van der Waals surface area contributed by atoms with E-state index < -0.39 is 0 Å². The molecule has 0 aromatic heterocycles. The maximum atomic E-state index is 3.41. The molecule has 0 bridgehead atoms. The summed E-state index contributed by atoms with van der Waals surface area (Å²) in [6.07, 6.45) is 22.5. The molecule has 0 fully saturated rings. The van der Waals surface area contributed by atoms with Gasteiger partial charge >= 0.3 is 0 Å². The second-order valence-electron chi connectivity index (χ2n) is 4.48. The molecule has 1 aliphatic rings. The standard InChI is InChI=1S/C14H25/c1-2-4-6-8-10-12-14-13-11-9-7-5-3-1/h1H,2,4-14H2. The van der Waals surface area contributed by atoms with Crippen molar-refractivity contribution in [3.05, 3.63) is 12.2 Å². The summed E-state index contributed by atoms with van der Waals surface area (Å²) in [5.41, 5.74) is 0. The van der Waals surface area contributed by atoms with Crippen LogP contribution in [0.15, 0.2) is 6.08 Å². The second-order valence-corrected chi connectivity index (χ2v) is 4.48. The third kappa shape index (κ3) is 7.17. The fourth-order valence-electron chi connectivity index (χ4n) is 2.09. The SMILES string of the molecule is [C]1=C/CCCCCCCCCCCC/1. The van der Waals surface area contributed by atoms with Crippen LogP contribution >= 0.6 is 0 Å². The Morgan fingerprint density at radius 2 is 1.07 bits per heavy atom. The summed E-state index contributed by atoms with van der Waals surface area (Å²) >= 11 is 0. The van der Waals surface area contributed by atoms with E-state index in [1.54, 1.807) is 0 Å². The van der Waals surface area contributed by atoms with E-state index in [0.717, 1.165) is 0 Å². The lowest BCUT2D eigenvalue weighted by molar-refractivity contribution is 0.549. The summed E-state index contributed by atoms with van der Waals surface area (Å²) in [7, 11) is 0. The molecular formula is C14H25. The van der Waals surface area contributed by atoms with Crippen LogP contribution in [0, 0.1) is 6.08 Å². The Morgan fingerprint density at radius 3 is 1.71 bits per heavy atom. The van der Waals surface area contributed by atoms with Crippen molar-refractivity contribution in [1.29, 1.82) is 0 Å². The zero-order chi connectivity index (χ0) is 9.90. The first-order valence-corrected chi connectivity index (χ1v) is 6.55. The first-order chi connectivity index (χ1) is 7.00. The quantitative estimate of drug-likeness (QED) is 0.505. The monoisotopic (exact) mass is 193 g/mol. The first-order valence-electron chi connectivity index (χ1n) is 6.55. The van der Waals surface area contributed by atoms with Gasteiger partial charge in [0.05, 0.1) is 0 Å². The minimum absolute atomic E-state index is 1.19. The summed E-state index contributed by atoms with van der Waals surface area (Å²) in [5, 5.41) is 0. The van der Waals surface area contributed by atoms with Crippen LogP contribution in [0.1, 0.15) is 77.0 Å². The summed E-state index contributed by atoms with van der Waals surface area (Å²) in [4.78, 5) is 0. The van der Waals surface area contributed by atoms with Crippen molar-refractivity contribution in [2.45, 2.75) is 77.0 Å². The summed E-state index contributed by atoms with van der Waals surface area (Å²) < 4.78 is 0. The second kappa shape index (κ2) is 9.30. The Labute approximate surface area is 89.8 Å². The van der Waals surface area contributed by atoms with Crippen LogP contribution in [0.5, 0.6) is 0 Å². The van der Waals surface area contributed by atoms with Gasteiger partial charge in [0, 0.05) is 0 Å². The summed E-state index contributed by atoms with van der Waals surface area (Å²) in [6, 6.07) is 0. The lowest BCUT2D eigenvalue weighted by atomic mass is 10.0. The van der Waals surface area contributed by atoms with E-state index in [1.807, 2.05) is 0 Å². The van der Waals surface area contributed by atoms with Crippen molar-refractivity contribution in [1.82, 2.24) is 0 Å². The van der Waals surface area contributed by atoms with Crippen molar-refractivity contribution in [2.75, 3.05) is 0 Å². The molecule has 0 aliphatic heterocycles. The summed E-state index contributed by atoms with van der Waals surface area (Å²) in [5.74, 6) is 0. The van der Waals surface area contributed by atoms with Crippen LogP contribution in [0.25, 0.3) is 0 Å². The molecule has 0 saturated carbocycles. The van der Waals surface area contributed by atoms with Crippen LogP contribution in [-0.4, -0.2) is 0 Å². The summed E-state index contributed by atoms with van der Waals surface area (Å²) in [6.45, 7) is 0. The fraction of sp³-hybridized carbons (Fsp3) is 0.857. The van der Waals surface area contributed by atoms with Crippen LogP contribution in [-0.2, 0) is 0 Å². The Kier molecular flexibility index (Phi) is 7.85. The molecule has 0 saturated heterocycles. The van der Waals surface area contributed by atoms with E-state index in [9.17, 15) is 0 Å². The molecule has 0 nitrogen and oxygen atoms in total. The molecule has 0 atom stereocenters. The van der Waals surface area contributed by atoms with E-state index in [1.165, 1.54) is 77.0 Å². The van der Waals surface area contributed by atoms with Gasteiger partial charge in [0.15, 0.2) is 0 Å². The highest BCUT2D eigenvalue weighted by atomic mass is 14.0. The van der Waals surface area contributed by atoms with Crippen molar-refractivity contribution in [3.8, 4) is 0 Å². The lowest BCUT2D eigenvalue weighted by Gasteiger charge is -2.02. The van der Waals surface area contributed by atoms with Crippen molar-refractivity contribution < 1.29 is 0 Å². The van der Waals surface area contributed by atoms with Gasteiger partial charge < -0.3 is 0 Å². The Bertz CT molecular complexity index is 119. The number of hydrogen-bond donors (Lipinski definition) is 0. The van der Waals surface area contributed by atoms with Crippen LogP contribution in [0.2, 0.25) is 0 Å². The molecule has 0 aromatic carbocycles. The number of allylic oxidation sites excluding steroid dienone is 2. The smallest absolute Gasteiger partial charge is 0.0279 e. The van der Waals surface area contributed by atoms with Gasteiger partial charge in [0.1, 0.15) is 0 Å². The molecule has 0 aromatic rings. The zero-order valence-electron chi connectivity index (χ0n) is 9.56. The minimum Gasteiger partial charge on any atom is -0.0811 e. The molecule has 14 heavy (non-hydrogen) atoms. The lowest BCUT2D eigenvalue weighted by Crippen LogP contribution is -1.83. The van der Waals surface area contributed by atoms with E-state index in [4.69, 9.17) is 0 Å². The van der Waals surface area contributed by atoms with Gasteiger partial charge in [-0.15, -0.1) is 0 Å². The average Bonchev–Trinajstić information content (AvgIpc) is 2.22. The van der Waals surface area contributed by atoms with Gasteiger partial charge in [-0.3, -0.25) is 0 Å². The molecule has 0 amide bonds. The van der Waals surface area contributed by atoms with Crippen LogP contribution < -0.4 is 0 Å². The minimum atomic E-state index is 1.19. The van der Waals surface area contributed by atoms with E-state index in [-0.39, 0.29) is 0 Å². The van der Waals surface area contributed by atoms with Gasteiger partial charge in [0.25, 0.3) is 0 Å². The third-order valence-electron chi connectivity index (χ3n) is 3.06. The van der Waals surface area contributed by atoms with Gasteiger partial charge in [0.2, 0.25) is 0 Å². The highest BCUT2D eigenvalue weighted by molar-refractivity contribution is 4.73. The van der Waals surface area contributed by atoms with E-state index in [2.05, 4.69) is 12.2 Å². The van der Waals surface area contributed by atoms with Gasteiger partial charge in [-0.2, -0.15) is 0 Å². The predicted molar refractivity (Wildman–Crippen MR) is 63.2 cm³/mol. The highest BCUT2D eigenvalue weighted by Gasteiger charge is 1.93. The topological polar surface area (TPSA) is 0 Å². The molecule has 0 heteroatoms. The first kappa shape index (κ1) is 11.8. The van der Waals surface area contributed by atoms with Crippen molar-refractivity contribution in [2.24, 2.45) is 0 Å². The highest BCUT2D eigenvalue weighted by Crippen LogP contribution is 2.13. The van der Waals surface area contributed by atoms with E-state index >= 15 is 0 Å². The number of rotatable bonds is 0. The number of hydrogen-bond acceptors (Lipinski definition) is 0. The Morgan fingerprint density at radius 1 is 0.571 bits per heavy atom. The van der Waals surface area contributed by atoms with Crippen molar-refractivity contribution in [3.63, 3.8) is 0 Å². The Balaban J connectivity index is 2.09. The van der Waals surface area contributed by atoms with Gasteiger partial charge in [-0.25, -0.2) is 0 Å². The molecule has 81 valence electrons. The van der Waals surface area contributed by atoms with Crippen molar-refractivity contribution >= 4 is 0 Å². The van der Waals surface area contributed by atoms with E-state index in [0.29, 0.717) is 0 Å².